The summed E-state index contributed by atoms with van der Waals surface area (Å²) >= 11 is 0. The van der Waals surface area contributed by atoms with Crippen LogP contribution in [0.2, 0.25) is 0 Å². The molecule has 0 aromatic carbocycles. The highest BCUT2D eigenvalue weighted by Gasteiger charge is 2.14. The number of amides is 1. The maximum Gasteiger partial charge on any atom is 0.260 e. The number of nitrogens with zero attached hydrogens (tertiary/aromatic N) is 2. The van der Waals surface area contributed by atoms with Gasteiger partial charge in [0.15, 0.2) is 6.61 Å². The lowest BCUT2D eigenvalue weighted by molar-refractivity contribution is -0.133. The van der Waals surface area contributed by atoms with E-state index in [-0.39, 0.29) is 18.6 Å². The molecule has 5 nitrogen and oxygen atoms in total. The summed E-state index contributed by atoms with van der Waals surface area (Å²) in [6.07, 6.45) is 0. The molecular formula is C16H27N3O2. The third kappa shape index (κ3) is 5.71. The van der Waals surface area contributed by atoms with E-state index < -0.39 is 0 Å². The lowest BCUT2D eigenvalue weighted by atomic mass is 10.2. The molecule has 0 bridgehead atoms. The molecule has 0 saturated heterocycles. The number of aryl methyl sites for hydroxylation is 1. The van der Waals surface area contributed by atoms with Crippen LogP contribution in [0.4, 0.5) is 0 Å². The normalized spacial score (nSPS) is 11.0. The first-order chi connectivity index (χ1) is 9.81. The summed E-state index contributed by atoms with van der Waals surface area (Å²) in [5.41, 5.74) is 1.78. The molecule has 5 heteroatoms. The number of carbonyl (C=O) groups excluding carboxylic acids is 1. The van der Waals surface area contributed by atoms with E-state index in [2.05, 4.69) is 24.1 Å². The minimum atomic E-state index is -0.0339. The van der Waals surface area contributed by atoms with Crippen molar-refractivity contribution in [3.63, 3.8) is 0 Å². The molecule has 0 saturated carbocycles. The molecule has 0 radical (unpaired) electrons. The molecular weight excluding hydrogens is 266 g/mol. The number of likely N-dealkylation sites (N-methyl/N-ethyl adjacent to an activating group) is 1. The van der Waals surface area contributed by atoms with Crippen LogP contribution in [0.15, 0.2) is 12.1 Å². The molecule has 0 spiro atoms. The summed E-state index contributed by atoms with van der Waals surface area (Å²) in [6.45, 7) is 10.7. The Balaban J connectivity index is 2.71. The molecule has 0 atom stereocenters. The topological polar surface area (TPSA) is 54.5 Å². The molecule has 0 aliphatic heterocycles. The van der Waals surface area contributed by atoms with Crippen LogP contribution >= 0.6 is 0 Å². The second kappa shape index (κ2) is 7.98. The lowest BCUT2D eigenvalue weighted by Crippen LogP contribution is -2.36. The van der Waals surface area contributed by atoms with Gasteiger partial charge < -0.3 is 15.0 Å². The van der Waals surface area contributed by atoms with Gasteiger partial charge in [0.2, 0.25) is 0 Å². The number of nitrogens with one attached hydrogen (secondary N) is 1. The monoisotopic (exact) mass is 293 g/mol. The Labute approximate surface area is 127 Å². The van der Waals surface area contributed by atoms with Crippen LogP contribution in [0.25, 0.3) is 0 Å². The highest BCUT2D eigenvalue weighted by molar-refractivity contribution is 5.77. The van der Waals surface area contributed by atoms with Gasteiger partial charge in [0.1, 0.15) is 5.75 Å². The van der Waals surface area contributed by atoms with Crippen molar-refractivity contribution in [3.05, 3.63) is 23.5 Å². The Morgan fingerprint density at radius 3 is 2.57 bits per heavy atom. The van der Waals surface area contributed by atoms with Crippen molar-refractivity contribution >= 4 is 5.91 Å². The number of rotatable bonds is 7. The Morgan fingerprint density at radius 2 is 2.00 bits per heavy atom. The van der Waals surface area contributed by atoms with Crippen molar-refractivity contribution in [1.29, 1.82) is 0 Å². The third-order valence-corrected chi connectivity index (χ3v) is 3.27. The maximum atomic E-state index is 12.0. The predicted octanol–water partition coefficient (Wildman–Crippen LogP) is 2.13. The van der Waals surface area contributed by atoms with E-state index in [1.807, 2.05) is 32.9 Å². The minimum absolute atomic E-state index is 0.0339. The van der Waals surface area contributed by atoms with E-state index >= 15 is 0 Å². The van der Waals surface area contributed by atoms with Crippen molar-refractivity contribution in [1.82, 2.24) is 15.2 Å². The molecule has 118 valence electrons. The summed E-state index contributed by atoms with van der Waals surface area (Å²) in [7, 11) is 1.78. The van der Waals surface area contributed by atoms with Crippen molar-refractivity contribution in [2.75, 3.05) is 13.7 Å². The first kappa shape index (κ1) is 17.4. The first-order valence-corrected chi connectivity index (χ1v) is 7.39. The summed E-state index contributed by atoms with van der Waals surface area (Å²) in [4.78, 5) is 18.1. The van der Waals surface area contributed by atoms with Gasteiger partial charge in [0, 0.05) is 31.4 Å². The average molecular weight is 293 g/mol. The Bertz CT molecular complexity index is 473. The van der Waals surface area contributed by atoms with E-state index in [9.17, 15) is 4.79 Å². The van der Waals surface area contributed by atoms with Gasteiger partial charge in [-0.25, -0.2) is 0 Å². The van der Waals surface area contributed by atoms with Crippen LogP contribution in [0.5, 0.6) is 5.75 Å². The maximum absolute atomic E-state index is 12.0. The fourth-order valence-electron chi connectivity index (χ4n) is 1.69. The summed E-state index contributed by atoms with van der Waals surface area (Å²) in [5, 5.41) is 3.32. The average Bonchev–Trinajstić information content (AvgIpc) is 2.42. The quantitative estimate of drug-likeness (QED) is 0.837. The number of ether oxygens (including phenoxy) is 1. The van der Waals surface area contributed by atoms with Crippen molar-refractivity contribution in [2.24, 2.45) is 0 Å². The van der Waals surface area contributed by atoms with E-state index in [1.165, 1.54) is 0 Å². The molecule has 0 fully saturated rings. The van der Waals surface area contributed by atoms with Crippen LogP contribution in [0, 0.1) is 6.92 Å². The third-order valence-electron chi connectivity index (χ3n) is 3.27. The molecule has 0 aliphatic rings. The first-order valence-electron chi connectivity index (χ1n) is 7.39. The van der Waals surface area contributed by atoms with Gasteiger partial charge in [-0.15, -0.1) is 0 Å². The number of aromatic nitrogens is 1. The zero-order chi connectivity index (χ0) is 16.0. The fraction of sp³-hybridized carbons (Fsp3) is 0.625. The second-order valence-corrected chi connectivity index (χ2v) is 5.82. The smallest absolute Gasteiger partial charge is 0.260 e. The zero-order valence-corrected chi connectivity index (χ0v) is 13.9. The lowest BCUT2D eigenvalue weighted by Gasteiger charge is -2.22. The number of pyridine rings is 1. The van der Waals surface area contributed by atoms with Crippen LogP contribution in [0.1, 0.15) is 39.1 Å². The molecule has 1 N–H and O–H groups in total. The number of hydrogen-bond acceptors (Lipinski definition) is 4. The van der Waals surface area contributed by atoms with Gasteiger partial charge >= 0.3 is 0 Å². The molecule has 1 heterocycles. The molecule has 0 unspecified atom stereocenters. The largest absolute Gasteiger partial charge is 0.482 e. The highest BCUT2D eigenvalue weighted by atomic mass is 16.5. The number of carbonyl (C=O) groups is 1. The Hall–Kier alpha value is -1.62. The van der Waals surface area contributed by atoms with Gasteiger partial charge in [-0.2, -0.15) is 0 Å². The summed E-state index contributed by atoms with van der Waals surface area (Å²) < 4.78 is 5.66. The van der Waals surface area contributed by atoms with Crippen LogP contribution < -0.4 is 10.1 Å². The molecule has 1 aromatic rings. The van der Waals surface area contributed by atoms with Crippen LogP contribution in [-0.4, -0.2) is 41.5 Å². The zero-order valence-electron chi connectivity index (χ0n) is 13.9. The fourth-order valence-corrected chi connectivity index (χ4v) is 1.69. The number of hydrogen-bond donors (Lipinski definition) is 1. The van der Waals surface area contributed by atoms with E-state index in [0.29, 0.717) is 18.3 Å². The molecule has 1 amide bonds. The molecule has 1 rings (SSSR count). The van der Waals surface area contributed by atoms with E-state index in [0.717, 1.165) is 11.4 Å². The van der Waals surface area contributed by atoms with Crippen molar-refractivity contribution in [2.45, 2.75) is 53.2 Å². The second-order valence-electron chi connectivity index (χ2n) is 5.82. The Kier molecular flexibility index (Phi) is 6.62. The van der Waals surface area contributed by atoms with Crippen molar-refractivity contribution in [3.8, 4) is 5.75 Å². The van der Waals surface area contributed by atoms with Crippen LogP contribution in [0.3, 0.4) is 0 Å². The highest BCUT2D eigenvalue weighted by Crippen LogP contribution is 2.17. The van der Waals surface area contributed by atoms with Gasteiger partial charge in [0.25, 0.3) is 5.91 Å². The SMILES string of the molecule is Cc1ccc(OCC(=O)N(C)C(C)C)c(CNC(C)C)n1. The predicted molar refractivity (Wildman–Crippen MR) is 84.4 cm³/mol. The molecule has 21 heavy (non-hydrogen) atoms. The van der Waals surface area contributed by atoms with Crippen LogP contribution in [-0.2, 0) is 11.3 Å². The minimum Gasteiger partial charge on any atom is -0.482 e. The van der Waals surface area contributed by atoms with Gasteiger partial charge in [0.05, 0.1) is 5.69 Å². The molecule has 0 aliphatic carbocycles. The van der Waals surface area contributed by atoms with Gasteiger partial charge in [-0.05, 0) is 32.9 Å². The van der Waals surface area contributed by atoms with Gasteiger partial charge in [-0.3, -0.25) is 9.78 Å². The van der Waals surface area contributed by atoms with E-state index in [4.69, 9.17) is 4.74 Å². The van der Waals surface area contributed by atoms with Gasteiger partial charge in [-0.1, -0.05) is 13.8 Å². The van der Waals surface area contributed by atoms with Crippen molar-refractivity contribution < 1.29 is 9.53 Å². The molecule has 1 aromatic heterocycles. The Morgan fingerprint density at radius 1 is 1.33 bits per heavy atom. The standard InChI is InChI=1S/C16H27N3O2/c1-11(2)17-9-14-15(8-7-13(5)18-14)21-10-16(20)19(6)12(3)4/h7-8,11-12,17H,9-10H2,1-6H3. The summed E-state index contributed by atoms with van der Waals surface area (Å²) in [5.74, 6) is 0.632. The van der Waals surface area contributed by atoms with E-state index in [1.54, 1.807) is 11.9 Å². The summed E-state index contributed by atoms with van der Waals surface area (Å²) in [6, 6.07) is 4.31.